The van der Waals surface area contributed by atoms with E-state index in [4.69, 9.17) is 5.73 Å². The van der Waals surface area contributed by atoms with Gasteiger partial charge >= 0.3 is 0 Å². The Bertz CT molecular complexity index is 719. The van der Waals surface area contributed by atoms with E-state index < -0.39 is 23.7 Å². The summed E-state index contributed by atoms with van der Waals surface area (Å²) in [6.45, 7) is 1.36. The molecule has 0 aromatic carbocycles. The third-order valence-electron chi connectivity index (χ3n) is 2.64. The van der Waals surface area contributed by atoms with Crippen LogP contribution in [0, 0.1) is 0 Å². The molecule has 0 saturated carbocycles. The van der Waals surface area contributed by atoms with E-state index >= 15 is 0 Å². The van der Waals surface area contributed by atoms with Gasteiger partial charge in [0.05, 0.1) is 19.3 Å². The Morgan fingerprint density at radius 2 is 2.29 bits per heavy atom. The van der Waals surface area contributed by atoms with Crippen molar-refractivity contribution in [1.29, 1.82) is 0 Å². The largest absolute Gasteiger partial charge is 0.369 e. The minimum absolute atomic E-state index is 0.0427. The van der Waals surface area contributed by atoms with Gasteiger partial charge in [-0.1, -0.05) is 0 Å². The van der Waals surface area contributed by atoms with Crippen molar-refractivity contribution in [3.05, 3.63) is 16.7 Å². The molecule has 2 heterocycles. The highest BCUT2D eigenvalue weighted by Crippen LogP contribution is 2.11. The smallest absolute Gasteiger partial charge is 0.285 e. The number of Topliss-reactive ketones (excluding diaryl/α,β-unsaturated/α-hetero) is 1. The summed E-state index contributed by atoms with van der Waals surface area (Å²) >= 11 is 0. The lowest BCUT2D eigenvalue weighted by Gasteiger charge is -2.20. The van der Waals surface area contributed by atoms with E-state index in [0.29, 0.717) is 0 Å². The molecule has 0 amide bonds. The number of aliphatic hydroxyl groups is 2. The molecule has 21 heavy (non-hydrogen) atoms. The third kappa shape index (κ3) is 3.42. The molecule has 2 aromatic heterocycles. The second-order valence-corrected chi connectivity index (χ2v) is 4.39. The lowest BCUT2D eigenvalue weighted by Crippen LogP contribution is -2.35. The summed E-state index contributed by atoms with van der Waals surface area (Å²) in [4.78, 5) is 33.4. The quantitative estimate of drug-likeness (QED) is 0.461. The number of ether oxygens (including phenoxy) is 1. The number of nitrogen functional groups attached to an aromatic ring is 1. The second kappa shape index (κ2) is 5.60. The van der Waals surface area contributed by atoms with Crippen molar-refractivity contribution in [3.8, 4) is 0 Å². The third-order valence-corrected chi connectivity index (χ3v) is 2.64. The number of ketones is 1. The first-order valence-corrected chi connectivity index (χ1v) is 6.13. The molecule has 2 rings (SSSR count). The maximum atomic E-state index is 11.8. The van der Waals surface area contributed by atoms with E-state index in [9.17, 15) is 19.8 Å². The number of nitrogens with one attached hydrogen (secondary N) is 1. The van der Waals surface area contributed by atoms with Crippen LogP contribution in [0.15, 0.2) is 11.1 Å². The Labute approximate surface area is 118 Å². The molecule has 5 N–H and O–H groups in total. The second-order valence-electron chi connectivity index (χ2n) is 4.39. The molecule has 0 fully saturated rings. The van der Waals surface area contributed by atoms with Gasteiger partial charge < -0.3 is 25.3 Å². The van der Waals surface area contributed by atoms with Crippen LogP contribution in [0.5, 0.6) is 0 Å². The van der Waals surface area contributed by atoms with Crippen molar-refractivity contribution in [2.75, 3.05) is 12.3 Å². The molecule has 0 saturated heterocycles. The molecule has 0 aliphatic heterocycles. The van der Waals surface area contributed by atoms with Gasteiger partial charge in [0, 0.05) is 6.61 Å². The number of carbonyl (C=O) groups is 1. The molecule has 2 aromatic rings. The maximum absolute atomic E-state index is 11.8. The number of nitrogens with two attached hydrogens (primary N) is 1. The number of hydrogen-bond acceptors (Lipinski definition) is 8. The van der Waals surface area contributed by atoms with Gasteiger partial charge in [0.1, 0.15) is 0 Å². The Morgan fingerprint density at radius 3 is 2.95 bits per heavy atom. The molecule has 114 valence electrons. The Morgan fingerprint density at radius 1 is 1.57 bits per heavy atom. The summed E-state index contributed by atoms with van der Waals surface area (Å²) in [6.07, 6.45) is 0.626. The number of imidazole rings is 1. The highest BCUT2D eigenvalue weighted by atomic mass is 16.8. The predicted molar refractivity (Wildman–Crippen MR) is 71.0 cm³/mol. The number of H-pyrrole nitrogens is 1. The van der Waals surface area contributed by atoms with Crippen molar-refractivity contribution in [2.24, 2.45) is 0 Å². The summed E-state index contributed by atoms with van der Waals surface area (Å²) in [5.74, 6) is -3.16. The van der Waals surface area contributed by atoms with E-state index in [0.717, 1.165) is 0 Å². The van der Waals surface area contributed by atoms with Crippen LogP contribution in [0.1, 0.15) is 13.3 Å². The standard InChI is InChI=1S/C11H15N5O5/c1-2-21-11(19,20)3-6(17)4-16-5-13-7-8(16)14-10(12)15-9(7)18/h5,19-20H,2-4H2,1H3,(H3,12,14,15,18). The molecular weight excluding hydrogens is 282 g/mol. The van der Waals surface area contributed by atoms with Crippen molar-refractivity contribution >= 4 is 22.9 Å². The van der Waals surface area contributed by atoms with Crippen molar-refractivity contribution in [3.63, 3.8) is 0 Å². The molecular formula is C11H15N5O5. The van der Waals surface area contributed by atoms with Crippen LogP contribution >= 0.6 is 0 Å². The number of hydrogen-bond donors (Lipinski definition) is 4. The van der Waals surface area contributed by atoms with Crippen LogP contribution < -0.4 is 11.3 Å². The van der Waals surface area contributed by atoms with Gasteiger partial charge in [0.25, 0.3) is 11.5 Å². The summed E-state index contributed by atoms with van der Waals surface area (Å²) in [5.41, 5.74) is 5.10. The highest BCUT2D eigenvalue weighted by Gasteiger charge is 2.27. The molecule has 10 nitrogen and oxygen atoms in total. The first-order valence-electron chi connectivity index (χ1n) is 6.13. The lowest BCUT2D eigenvalue weighted by atomic mass is 10.2. The van der Waals surface area contributed by atoms with Crippen molar-refractivity contribution in [1.82, 2.24) is 19.5 Å². The SMILES string of the molecule is CCOC(O)(O)CC(=O)Cn1cnc2c(=O)[nH]c(N)nc21. The zero-order valence-electron chi connectivity index (χ0n) is 11.2. The highest BCUT2D eigenvalue weighted by molar-refractivity contribution is 5.81. The van der Waals surface area contributed by atoms with Crippen LogP contribution in [0.3, 0.4) is 0 Å². The number of rotatable bonds is 6. The van der Waals surface area contributed by atoms with Crippen molar-refractivity contribution < 1.29 is 19.7 Å². The van der Waals surface area contributed by atoms with Crippen LogP contribution in [-0.4, -0.2) is 48.1 Å². The van der Waals surface area contributed by atoms with E-state index in [1.165, 1.54) is 10.9 Å². The van der Waals surface area contributed by atoms with Gasteiger partial charge in [0.2, 0.25) is 5.95 Å². The Balaban J connectivity index is 2.21. The number of aromatic amines is 1. The molecule has 0 spiro atoms. The number of carbonyl (C=O) groups excluding carboxylic acids is 1. The van der Waals surface area contributed by atoms with Crippen LogP contribution in [-0.2, 0) is 16.1 Å². The summed E-state index contributed by atoms with van der Waals surface area (Å²) in [5, 5.41) is 18.8. The number of anilines is 1. The summed E-state index contributed by atoms with van der Waals surface area (Å²) in [6, 6.07) is 0. The van der Waals surface area contributed by atoms with E-state index in [1.54, 1.807) is 6.92 Å². The first-order chi connectivity index (χ1) is 9.82. The van der Waals surface area contributed by atoms with E-state index in [1.807, 2.05) is 0 Å². The fourth-order valence-corrected chi connectivity index (χ4v) is 1.87. The zero-order chi connectivity index (χ0) is 15.6. The lowest BCUT2D eigenvalue weighted by molar-refractivity contribution is -0.333. The molecule has 0 bridgehead atoms. The first kappa shape index (κ1) is 15.1. The van der Waals surface area contributed by atoms with E-state index in [2.05, 4.69) is 19.7 Å². The minimum atomic E-state index is -2.52. The van der Waals surface area contributed by atoms with Crippen LogP contribution in [0.4, 0.5) is 5.95 Å². The number of fused-ring (bicyclic) bond motifs is 1. The van der Waals surface area contributed by atoms with Gasteiger partial charge in [-0.15, -0.1) is 0 Å². The average molecular weight is 297 g/mol. The molecule has 0 unspecified atom stereocenters. The zero-order valence-corrected chi connectivity index (χ0v) is 11.2. The monoisotopic (exact) mass is 297 g/mol. The van der Waals surface area contributed by atoms with Crippen molar-refractivity contribution in [2.45, 2.75) is 25.9 Å². The fraction of sp³-hybridized carbons (Fsp3) is 0.455. The molecule has 0 aliphatic carbocycles. The topological polar surface area (TPSA) is 156 Å². The molecule has 0 radical (unpaired) electrons. The summed E-state index contributed by atoms with van der Waals surface area (Å²) in [7, 11) is 0. The maximum Gasteiger partial charge on any atom is 0.285 e. The fourth-order valence-electron chi connectivity index (χ4n) is 1.87. The normalized spacial score (nSPS) is 12.0. The predicted octanol–water partition coefficient (Wildman–Crippen LogP) is -1.66. The number of nitrogens with zero attached hydrogens (tertiary/aromatic N) is 3. The van der Waals surface area contributed by atoms with Gasteiger partial charge in [-0.05, 0) is 6.92 Å². The van der Waals surface area contributed by atoms with Crippen LogP contribution in [0.25, 0.3) is 11.2 Å². The van der Waals surface area contributed by atoms with Gasteiger partial charge in [-0.3, -0.25) is 14.6 Å². The van der Waals surface area contributed by atoms with Gasteiger partial charge in [-0.2, -0.15) is 4.98 Å². The van der Waals surface area contributed by atoms with Gasteiger partial charge in [-0.25, -0.2) is 4.98 Å². The molecule has 0 atom stereocenters. The minimum Gasteiger partial charge on any atom is -0.369 e. The number of aromatic nitrogens is 4. The Hall–Kier alpha value is -2.30. The van der Waals surface area contributed by atoms with Crippen LogP contribution in [0.2, 0.25) is 0 Å². The van der Waals surface area contributed by atoms with E-state index in [-0.39, 0.29) is 30.3 Å². The Kier molecular flexibility index (Phi) is 4.02. The average Bonchev–Trinajstić information content (AvgIpc) is 2.71. The molecule has 0 aliphatic rings. The summed E-state index contributed by atoms with van der Waals surface area (Å²) < 4.78 is 5.92. The van der Waals surface area contributed by atoms with Gasteiger partial charge in [0.15, 0.2) is 16.9 Å². The molecule has 10 heteroatoms.